The van der Waals surface area contributed by atoms with Crippen LogP contribution in [-0.4, -0.2) is 27.3 Å². The van der Waals surface area contributed by atoms with Gasteiger partial charge in [-0.05, 0) is 72.7 Å². The minimum absolute atomic E-state index is 0.415. The van der Waals surface area contributed by atoms with Crippen molar-refractivity contribution in [1.82, 2.24) is 20.2 Å². The van der Waals surface area contributed by atoms with Crippen molar-refractivity contribution in [2.45, 2.75) is 32.7 Å². The molecule has 130 valence electrons. The van der Waals surface area contributed by atoms with Crippen LogP contribution in [0.15, 0.2) is 48.5 Å². The zero-order valence-electron chi connectivity index (χ0n) is 15.0. The molecular formula is C19H23N5O. The van der Waals surface area contributed by atoms with Crippen LogP contribution >= 0.6 is 0 Å². The van der Waals surface area contributed by atoms with E-state index in [1.807, 2.05) is 36.4 Å². The third kappa shape index (κ3) is 3.47. The number of benzene rings is 2. The van der Waals surface area contributed by atoms with Crippen molar-refractivity contribution in [3.8, 4) is 11.4 Å². The molecule has 1 aromatic heterocycles. The van der Waals surface area contributed by atoms with Crippen LogP contribution in [0.2, 0.25) is 0 Å². The first-order chi connectivity index (χ1) is 12.1. The molecule has 0 fully saturated rings. The zero-order valence-corrected chi connectivity index (χ0v) is 15.0. The molecule has 1 N–H and O–H groups in total. The summed E-state index contributed by atoms with van der Waals surface area (Å²) in [5.41, 5.74) is 2.70. The van der Waals surface area contributed by atoms with Gasteiger partial charge < -0.3 is 10.1 Å². The fraction of sp³-hybridized carbons (Fsp3) is 0.316. The van der Waals surface area contributed by atoms with E-state index in [0.29, 0.717) is 0 Å². The maximum Gasteiger partial charge on any atom is 0.181 e. The minimum Gasteiger partial charge on any atom is -0.497 e. The normalized spacial score (nSPS) is 13.3. The average Bonchev–Trinajstić information content (AvgIpc) is 3.13. The fourth-order valence-electron chi connectivity index (χ4n) is 2.76. The van der Waals surface area contributed by atoms with Crippen LogP contribution in [-0.2, 0) is 5.54 Å². The number of tetrazole rings is 1. The van der Waals surface area contributed by atoms with E-state index in [2.05, 4.69) is 53.7 Å². The summed E-state index contributed by atoms with van der Waals surface area (Å²) in [5, 5.41) is 16.0. The summed E-state index contributed by atoms with van der Waals surface area (Å²) in [5.74, 6) is 1.60. The lowest BCUT2D eigenvalue weighted by Crippen LogP contribution is -2.34. The maximum absolute atomic E-state index is 5.22. The summed E-state index contributed by atoms with van der Waals surface area (Å²) in [6.45, 7) is 6.28. The van der Waals surface area contributed by atoms with Crippen molar-refractivity contribution in [3.63, 3.8) is 0 Å². The fourth-order valence-corrected chi connectivity index (χ4v) is 2.76. The van der Waals surface area contributed by atoms with E-state index in [1.54, 1.807) is 11.8 Å². The van der Waals surface area contributed by atoms with E-state index in [4.69, 9.17) is 4.74 Å². The molecule has 2 aromatic carbocycles. The van der Waals surface area contributed by atoms with E-state index < -0.39 is 5.54 Å². The molecule has 0 saturated carbocycles. The van der Waals surface area contributed by atoms with Crippen LogP contribution in [0.25, 0.3) is 5.69 Å². The first kappa shape index (κ1) is 17.0. The predicted molar refractivity (Wildman–Crippen MR) is 98.2 cm³/mol. The van der Waals surface area contributed by atoms with Gasteiger partial charge in [-0.3, -0.25) is 0 Å². The molecule has 25 heavy (non-hydrogen) atoms. The number of methoxy groups -OCH3 is 1. The minimum atomic E-state index is -0.415. The number of hydrogen-bond donors (Lipinski definition) is 1. The SMILES string of the molecule is CCC(C)(Nc1ccc(OC)cc1)c1nnnn1-c1cccc(C)c1. The Labute approximate surface area is 147 Å². The Morgan fingerprint density at radius 2 is 1.92 bits per heavy atom. The molecule has 6 nitrogen and oxygen atoms in total. The maximum atomic E-state index is 5.22. The second-order valence-corrected chi connectivity index (χ2v) is 6.29. The lowest BCUT2D eigenvalue weighted by atomic mass is 9.97. The topological polar surface area (TPSA) is 64.9 Å². The highest BCUT2D eigenvalue weighted by Gasteiger charge is 2.31. The highest BCUT2D eigenvalue weighted by atomic mass is 16.5. The molecule has 0 aliphatic rings. The molecule has 0 aliphatic carbocycles. The largest absolute Gasteiger partial charge is 0.497 e. The molecule has 1 atom stereocenters. The summed E-state index contributed by atoms with van der Waals surface area (Å²) in [6, 6.07) is 16.0. The van der Waals surface area contributed by atoms with Crippen molar-refractivity contribution >= 4 is 5.69 Å². The number of nitrogens with one attached hydrogen (secondary N) is 1. The Balaban J connectivity index is 1.96. The number of aromatic nitrogens is 4. The number of ether oxygens (including phenoxy) is 1. The summed E-state index contributed by atoms with van der Waals surface area (Å²) in [7, 11) is 1.66. The van der Waals surface area contributed by atoms with Crippen molar-refractivity contribution in [3.05, 3.63) is 59.9 Å². The zero-order chi connectivity index (χ0) is 17.9. The van der Waals surface area contributed by atoms with Gasteiger partial charge in [-0.25, -0.2) is 0 Å². The van der Waals surface area contributed by atoms with E-state index in [-0.39, 0.29) is 0 Å². The Bertz CT molecular complexity index is 843. The second-order valence-electron chi connectivity index (χ2n) is 6.29. The molecule has 0 bridgehead atoms. The van der Waals surface area contributed by atoms with Crippen molar-refractivity contribution < 1.29 is 4.74 Å². The van der Waals surface area contributed by atoms with Crippen LogP contribution in [0.3, 0.4) is 0 Å². The monoisotopic (exact) mass is 337 g/mol. The molecule has 0 radical (unpaired) electrons. The molecule has 3 rings (SSSR count). The summed E-state index contributed by atoms with van der Waals surface area (Å²) in [4.78, 5) is 0. The third-order valence-corrected chi connectivity index (χ3v) is 4.43. The highest BCUT2D eigenvalue weighted by Crippen LogP contribution is 2.29. The highest BCUT2D eigenvalue weighted by molar-refractivity contribution is 5.49. The van der Waals surface area contributed by atoms with E-state index in [0.717, 1.165) is 29.4 Å². The van der Waals surface area contributed by atoms with Crippen molar-refractivity contribution in [2.75, 3.05) is 12.4 Å². The second kappa shape index (κ2) is 6.93. The number of anilines is 1. The van der Waals surface area contributed by atoms with Crippen LogP contribution < -0.4 is 10.1 Å². The molecule has 0 aliphatic heterocycles. The van der Waals surface area contributed by atoms with Crippen molar-refractivity contribution in [1.29, 1.82) is 0 Å². The summed E-state index contributed by atoms with van der Waals surface area (Å²) < 4.78 is 7.02. The van der Waals surface area contributed by atoms with Crippen molar-refractivity contribution in [2.24, 2.45) is 0 Å². The summed E-state index contributed by atoms with van der Waals surface area (Å²) in [6.07, 6.45) is 0.825. The lowest BCUT2D eigenvalue weighted by molar-refractivity contribution is 0.414. The first-order valence-corrected chi connectivity index (χ1v) is 8.34. The predicted octanol–water partition coefficient (Wildman–Crippen LogP) is 3.72. The van der Waals surface area contributed by atoms with Crippen LogP contribution in [0.5, 0.6) is 5.75 Å². The van der Waals surface area contributed by atoms with Gasteiger partial charge >= 0.3 is 0 Å². The number of aryl methyl sites for hydroxylation is 1. The Kier molecular flexibility index (Phi) is 4.70. The van der Waals surface area contributed by atoms with Gasteiger partial charge in [0.15, 0.2) is 5.82 Å². The number of nitrogens with zero attached hydrogens (tertiary/aromatic N) is 4. The van der Waals surface area contributed by atoms with Gasteiger partial charge in [-0.15, -0.1) is 5.10 Å². The van der Waals surface area contributed by atoms with E-state index in [9.17, 15) is 0 Å². The van der Waals surface area contributed by atoms with Crippen LogP contribution in [0.4, 0.5) is 5.69 Å². The van der Waals surface area contributed by atoms with Gasteiger partial charge in [0.2, 0.25) is 0 Å². The molecule has 3 aromatic rings. The standard InChI is InChI=1S/C19H23N5O/c1-5-19(3,20-15-9-11-17(25-4)12-10-15)18-21-22-23-24(18)16-8-6-7-14(2)13-16/h6-13,20H,5H2,1-4H3. The Morgan fingerprint density at radius 3 is 2.56 bits per heavy atom. The Morgan fingerprint density at radius 1 is 1.16 bits per heavy atom. The van der Waals surface area contributed by atoms with Gasteiger partial charge in [0.25, 0.3) is 0 Å². The quantitative estimate of drug-likeness (QED) is 0.743. The van der Waals surface area contributed by atoms with Gasteiger partial charge in [-0.1, -0.05) is 19.1 Å². The van der Waals surface area contributed by atoms with E-state index in [1.165, 1.54) is 5.56 Å². The molecule has 6 heteroatoms. The third-order valence-electron chi connectivity index (χ3n) is 4.43. The molecular weight excluding hydrogens is 314 g/mol. The summed E-state index contributed by atoms with van der Waals surface area (Å²) >= 11 is 0. The number of hydrogen-bond acceptors (Lipinski definition) is 5. The molecule has 1 heterocycles. The van der Waals surface area contributed by atoms with Gasteiger partial charge in [0.1, 0.15) is 5.75 Å². The molecule has 0 saturated heterocycles. The average molecular weight is 337 g/mol. The van der Waals surface area contributed by atoms with Gasteiger partial charge in [0.05, 0.1) is 18.3 Å². The smallest absolute Gasteiger partial charge is 0.181 e. The molecule has 1 unspecified atom stereocenters. The van der Waals surface area contributed by atoms with Gasteiger partial charge in [-0.2, -0.15) is 4.68 Å². The van der Waals surface area contributed by atoms with Crippen LogP contribution in [0, 0.1) is 6.92 Å². The van der Waals surface area contributed by atoms with Gasteiger partial charge in [0, 0.05) is 5.69 Å². The molecule has 0 spiro atoms. The first-order valence-electron chi connectivity index (χ1n) is 8.34. The molecule has 0 amide bonds. The lowest BCUT2D eigenvalue weighted by Gasteiger charge is -2.29. The van der Waals surface area contributed by atoms with E-state index >= 15 is 0 Å². The Hall–Kier alpha value is -2.89. The van der Waals surface area contributed by atoms with Crippen LogP contribution in [0.1, 0.15) is 31.7 Å². The number of rotatable bonds is 6.